The van der Waals surface area contributed by atoms with Gasteiger partial charge in [0, 0.05) is 0 Å². The summed E-state index contributed by atoms with van der Waals surface area (Å²) >= 11 is 0. The summed E-state index contributed by atoms with van der Waals surface area (Å²) in [7, 11) is 3.33. The van der Waals surface area contributed by atoms with E-state index >= 15 is 0 Å². The third-order valence-corrected chi connectivity index (χ3v) is 2.79. The van der Waals surface area contributed by atoms with Crippen molar-refractivity contribution in [3.8, 4) is 11.5 Å². The molecule has 1 atom stereocenters. The van der Waals surface area contributed by atoms with Crippen LogP contribution in [0.5, 0.6) is 11.5 Å². The molecule has 1 aromatic rings. The summed E-state index contributed by atoms with van der Waals surface area (Å²) in [5.74, 6) is 2.17. The average molecular weight is 223 g/mol. The number of benzene rings is 1. The van der Waals surface area contributed by atoms with Crippen LogP contribution in [0.2, 0.25) is 0 Å². The first-order valence-electron chi connectivity index (χ1n) is 5.62. The number of aryl methyl sites for hydroxylation is 1. The van der Waals surface area contributed by atoms with Gasteiger partial charge in [-0.1, -0.05) is 19.1 Å². The summed E-state index contributed by atoms with van der Waals surface area (Å²) < 4.78 is 10.6. The van der Waals surface area contributed by atoms with Gasteiger partial charge in [-0.3, -0.25) is 0 Å². The zero-order valence-corrected chi connectivity index (χ0v) is 10.3. The van der Waals surface area contributed by atoms with Crippen molar-refractivity contribution < 1.29 is 9.47 Å². The van der Waals surface area contributed by atoms with E-state index in [2.05, 4.69) is 13.0 Å². The molecule has 0 saturated heterocycles. The first-order valence-corrected chi connectivity index (χ1v) is 5.62. The number of hydrogen-bond donors (Lipinski definition) is 1. The van der Waals surface area contributed by atoms with Gasteiger partial charge >= 0.3 is 0 Å². The Morgan fingerprint density at radius 2 is 2.00 bits per heavy atom. The summed E-state index contributed by atoms with van der Waals surface area (Å²) in [5, 5.41) is 0. The SMILES string of the molecule is COc1cccc(CCC(C)CN)c1OC. The zero-order chi connectivity index (χ0) is 12.0. The van der Waals surface area contributed by atoms with Crippen LogP contribution < -0.4 is 15.2 Å². The first kappa shape index (κ1) is 12.8. The molecule has 0 aromatic heterocycles. The number of methoxy groups -OCH3 is 2. The van der Waals surface area contributed by atoms with Crippen LogP contribution in [0.15, 0.2) is 18.2 Å². The maximum Gasteiger partial charge on any atom is 0.163 e. The summed E-state index contributed by atoms with van der Waals surface area (Å²) in [4.78, 5) is 0. The predicted octanol–water partition coefficient (Wildman–Crippen LogP) is 2.23. The summed E-state index contributed by atoms with van der Waals surface area (Å²) in [6, 6.07) is 5.98. The van der Waals surface area contributed by atoms with Gasteiger partial charge in [-0.2, -0.15) is 0 Å². The van der Waals surface area contributed by atoms with Gasteiger partial charge in [0.15, 0.2) is 11.5 Å². The highest BCUT2D eigenvalue weighted by molar-refractivity contribution is 5.46. The van der Waals surface area contributed by atoms with Gasteiger partial charge in [0.05, 0.1) is 14.2 Å². The first-order chi connectivity index (χ1) is 7.72. The number of para-hydroxylation sites is 1. The highest BCUT2D eigenvalue weighted by Gasteiger charge is 2.10. The number of hydrogen-bond acceptors (Lipinski definition) is 3. The molecule has 0 spiro atoms. The lowest BCUT2D eigenvalue weighted by Crippen LogP contribution is -2.11. The van der Waals surface area contributed by atoms with Gasteiger partial charge in [0.25, 0.3) is 0 Å². The molecule has 0 radical (unpaired) electrons. The van der Waals surface area contributed by atoms with Crippen molar-refractivity contribution in [1.82, 2.24) is 0 Å². The summed E-state index contributed by atoms with van der Waals surface area (Å²) in [5.41, 5.74) is 6.79. The summed E-state index contributed by atoms with van der Waals surface area (Å²) in [6.07, 6.45) is 2.04. The Hall–Kier alpha value is -1.22. The average Bonchev–Trinajstić information content (AvgIpc) is 2.34. The maximum atomic E-state index is 5.61. The zero-order valence-electron chi connectivity index (χ0n) is 10.3. The molecule has 0 bridgehead atoms. The topological polar surface area (TPSA) is 44.5 Å². The van der Waals surface area contributed by atoms with E-state index in [-0.39, 0.29) is 0 Å². The van der Waals surface area contributed by atoms with E-state index < -0.39 is 0 Å². The van der Waals surface area contributed by atoms with E-state index in [0.717, 1.165) is 30.9 Å². The second-order valence-corrected chi connectivity index (χ2v) is 4.03. The Bertz CT molecular complexity index is 326. The minimum atomic E-state index is 0.538. The van der Waals surface area contributed by atoms with E-state index in [1.54, 1.807) is 14.2 Å². The Morgan fingerprint density at radius 1 is 1.25 bits per heavy atom. The molecule has 0 amide bonds. The van der Waals surface area contributed by atoms with Crippen molar-refractivity contribution in [2.75, 3.05) is 20.8 Å². The maximum absolute atomic E-state index is 5.61. The van der Waals surface area contributed by atoms with E-state index in [9.17, 15) is 0 Å². The molecule has 0 aliphatic rings. The fraction of sp³-hybridized carbons (Fsp3) is 0.538. The normalized spacial score (nSPS) is 12.2. The third kappa shape index (κ3) is 3.14. The Morgan fingerprint density at radius 3 is 2.56 bits per heavy atom. The van der Waals surface area contributed by atoms with Crippen molar-refractivity contribution in [2.24, 2.45) is 11.7 Å². The van der Waals surface area contributed by atoms with E-state index in [1.165, 1.54) is 5.56 Å². The van der Waals surface area contributed by atoms with E-state index in [1.807, 2.05) is 12.1 Å². The molecule has 0 fully saturated rings. The number of rotatable bonds is 6. The largest absolute Gasteiger partial charge is 0.493 e. The molecule has 0 saturated carbocycles. The molecule has 0 aliphatic heterocycles. The van der Waals surface area contributed by atoms with Crippen LogP contribution in [0.3, 0.4) is 0 Å². The summed E-state index contributed by atoms with van der Waals surface area (Å²) in [6.45, 7) is 2.89. The van der Waals surface area contributed by atoms with Crippen LogP contribution in [0, 0.1) is 5.92 Å². The van der Waals surface area contributed by atoms with Crippen LogP contribution in [-0.2, 0) is 6.42 Å². The molecule has 3 heteroatoms. The lowest BCUT2D eigenvalue weighted by molar-refractivity contribution is 0.350. The van der Waals surface area contributed by atoms with Gasteiger partial charge in [0.2, 0.25) is 0 Å². The molecule has 1 rings (SSSR count). The number of nitrogens with two attached hydrogens (primary N) is 1. The van der Waals surface area contributed by atoms with Crippen LogP contribution >= 0.6 is 0 Å². The Balaban J connectivity index is 2.78. The molecule has 1 aromatic carbocycles. The molecular weight excluding hydrogens is 202 g/mol. The highest BCUT2D eigenvalue weighted by Crippen LogP contribution is 2.31. The molecule has 0 aliphatic carbocycles. The van der Waals surface area contributed by atoms with Crippen molar-refractivity contribution >= 4 is 0 Å². The quantitative estimate of drug-likeness (QED) is 0.804. The van der Waals surface area contributed by atoms with Crippen LogP contribution in [0.1, 0.15) is 18.9 Å². The molecular formula is C13H21NO2. The van der Waals surface area contributed by atoms with Crippen LogP contribution in [-0.4, -0.2) is 20.8 Å². The Labute approximate surface area is 97.6 Å². The van der Waals surface area contributed by atoms with Gasteiger partial charge < -0.3 is 15.2 Å². The van der Waals surface area contributed by atoms with Gasteiger partial charge in [-0.25, -0.2) is 0 Å². The fourth-order valence-electron chi connectivity index (χ4n) is 1.67. The van der Waals surface area contributed by atoms with Gasteiger partial charge in [-0.15, -0.1) is 0 Å². The minimum absolute atomic E-state index is 0.538. The highest BCUT2D eigenvalue weighted by atomic mass is 16.5. The molecule has 3 nitrogen and oxygen atoms in total. The minimum Gasteiger partial charge on any atom is -0.493 e. The van der Waals surface area contributed by atoms with Crippen molar-refractivity contribution in [3.05, 3.63) is 23.8 Å². The fourth-order valence-corrected chi connectivity index (χ4v) is 1.67. The molecule has 0 heterocycles. The smallest absolute Gasteiger partial charge is 0.163 e. The standard InChI is InChI=1S/C13H21NO2/c1-10(9-14)7-8-11-5-4-6-12(15-2)13(11)16-3/h4-6,10H,7-9,14H2,1-3H3. The van der Waals surface area contributed by atoms with Crippen molar-refractivity contribution in [3.63, 3.8) is 0 Å². The van der Waals surface area contributed by atoms with E-state index in [0.29, 0.717) is 5.92 Å². The van der Waals surface area contributed by atoms with Gasteiger partial charge in [-0.05, 0) is 36.9 Å². The van der Waals surface area contributed by atoms with E-state index in [4.69, 9.17) is 15.2 Å². The van der Waals surface area contributed by atoms with Crippen molar-refractivity contribution in [1.29, 1.82) is 0 Å². The third-order valence-electron chi connectivity index (χ3n) is 2.79. The second kappa shape index (κ2) is 6.38. The molecule has 2 N–H and O–H groups in total. The Kier molecular flexibility index (Phi) is 5.12. The van der Waals surface area contributed by atoms with Crippen molar-refractivity contribution in [2.45, 2.75) is 19.8 Å². The number of ether oxygens (including phenoxy) is 2. The molecule has 1 unspecified atom stereocenters. The van der Waals surface area contributed by atoms with Crippen LogP contribution in [0.25, 0.3) is 0 Å². The molecule has 90 valence electrons. The second-order valence-electron chi connectivity index (χ2n) is 4.03. The monoisotopic (exact) mass is 223 g/mol. The lowest BCUT2D eigenvalue weighted by Gasteiger charge is -2.14. The molecule has 16 heavy (non-hydrogen) atoms. The predicted molar refractivity (Wildman–Crippen MR) is 66.1 cm³/mol. The van der Waals surface area contributed by atoms with Crippen LogP contribution in [0.4, 0.5) is 0 Å². The lowest BCUT2D eigenvalue weighted by atomic mass is 10.0. The van der Waals surface area contributed by atoms with Gasteiger partial charge in [0.1, 0.15) is 0 Å².